The molecule has 2 heterocycles. The predicted molar refractivity (Wildman–Crippen MR) is 47.8 cm³/mol. The van der Waals surface area contributed by atoms with Gasteiger partial charge in [0.2, 0.25) is 5.78 Å². The third-order valence-corrected chi connectivity index (χ3v) is 1.97. The van der Waals surface area contributed by atoms with Gasteiger partial charge in [-0.2, -0.15) is 10.2 Å². The molecule has 0 spiro atoms. The van der Waals surface area contributed by atoms with Crippen LogP contribution >= 0.6 is 0 Å². The number of H-pyrrole nitrogens is 1. The molecule has 0 saturated carbocycles. The summed E-state index contributed by atoms with van der Waals surface area (Å²) >= 11 is 0. The quantitative estimate of drug-likeness (QED) is 0.682. The topological polar surface area (TPSA) is 76.5 Å². The van der Waals surface area contributed by atoms with E-state index in [9.17, 15) is 4.79 Å². The van der Waals surface area contributed by atoms with E-state index in [1.165, 1.54) is 11.0 Å². The van der Waals surface area contributed by atoms with Crippen molar-refractivity contribution in [3.63, 3.8) is 0 Å². The average molecular weight is 191 g/mol. The molecule has 6 heteroatoms. The van der Waals surface area contributed by atoms with Gasteiger partial charge in [-0.15, -0.1) is 0 Å². The summed E-state index contributed by atoms with van der Waals surface area (Å²) < 4.78 is 1.53. The first-order chi connectivity index (χ1) is 6.70. The van der Waals surface area contributed by atoms with Crippen LogP contribution in [-0.2, 0) is 7.05 Å². The zero-order chi connectivity index (χ0) is 10.1. The second-order valence-electron chi connectivity index (χ2n) is 2.96. The van der Waals surface area contributed by atoms with Gasteiger partial charge in [0.15, 0.2) is 5.82 Å². The van der Waals surface area contributed by atoms with Gasteiger partial charge in [-0.1, -0.05) is 0 Å². The summed E-state index contributed by atoms with van der Waals surface area (Å²) in [5.41, 5.74) is 1.36. The van der Waals surface area contributed by atoms with Crippen LogP contribution in [0, 0.1) is 6.92 Å². The van der Waals surface area contributed by atoms with Crippen molar-refractivity contribution in [2.24, 2.45) is 7.05 Å². The molecule has 1 N–H and O–H groups in total. The van der Waals surface area contributed by atoms with Crippen LogP contribution < -0.4 is 0 Å². The molecule has 0 amide bonds. The van der Waals surface area contributed by atoms with E-state index in [1.54, 1.807) is 13.2 Å². The molecular formula is C8H9N5O. The van der Waals surface area contributed by atoms with Gasteiger partial charge in [0, 0.05) is 7.05 Å². The molecule has 0 bridgehead atoms. The maximum atomic E-state index is 11.8. The van der Waals surface area contributed by atoms with Crippen LogP contribution in [0.25, 0.3) is 0 Å². The molecule has 14 heavy (non-hydrogen) atoms. The van der Waals surface area contributed by atoms with Crippen LogP contribution in [0.4, 0.5) is 0 Å². The van der Waals surface area contributed by atoms with Crippen molar-refractivity contribution in [2.45, 2.75) is 6.92 Å². The lowest BCUT2D eigenvalue weighted by molar-refractivity contribution is 0.102. The minimum Gasteiger partial charge on any atom is -0.283 e. The molecule has 0 aliphatic carbocycles. The number of aryl methyl sites for hydroxylation is 2. The number of nitrogens with one attached hydrogen (secondary N) is 1. The van der Waals surface area contributed by atoms with E-state index in [0.29, 0.717) is 5.69 Å². The number of hydrogen-bond acceptors (Lipinski definition) is 4. The summed E-state index contributed by atoms with van der Waals surface area (Å²) in [7, 11) is 1.72. The molecule has 0 aromatic carbocycles. The first-order valence-electron chi connectivity index (χ1n) is 4.09. The Morgan fingerprint density at radius 3 is 2.86 bits per heavy atom. The third-order valence-electron chi connectivity index (χ3n) is 1.97. The number of rotatable bonds is 2. The largest absolute Gasteiger partial charge is 0.283 e. The second-order valence-corrected chi connectivity index (χ2v) is 2.96. The Hall–Kier alpha value is -1.98. The van der Waals surface area contributed by atoms with Gasteiger partial charge in [-0.3, -0.25) is 14.6 Å². The van der Waals surface area contributed by atoms with E-state index in [2.05, 4.69) is 20.3 Å². The fourth-order valence-corrected chi connectivity index (χ4v) is 1.30. The molecule has 0 radical (unpaired) electrons. The van der Waals surface area contributed by atoms with E-state index in [0.717, 1.165) is 5.56 Å². The van der Waals surface area contributed by atoms with Crippen molar-refractivity contribution in [2.75, 3.05) is 0 Å². The number of hydrogen-bond donors (Lipinski definition) is 1. The van der Waals surface area contributed by atoms with Crippen molar-refractivity contribution >= 4 is 5.78 Å². The fourth-order valence-electron chi connectivity index (χ4n) is 1.30. The first-order valence-corrected chi connectivity index (χ1v) is 4.09. The standard InChI is InChI=1S/C8H9N5O/c1-5-3-11-13(2)6(5)7(14)8-9-4-10-12-8/h3-4H,1-2H3,(H,9,10,12). The zero-order valence-electron chi connectivity index (χ0n) is 7.85. The molecule has 6 nitrogen and oxygen atoms in total. The van der Waals surface area contributed by atoms with Gasteiger partial charge >= 0.3 is 0 Å². The predicted octanol–water partition coefficient (Wildman–Crippen LogP) is 0.0776. The van der Waals surface area contributed by atoms with E-state index in [-0.39, 0.29) is 11.6 Å². The van der Waals surface area contributed by atoms with E-state index in [4.69, 9.17) is 0 Å². The number of carbonyl (C=O) groups is 1. The van der Waals surface area contributed by atoms with Crippen LogP contribution in [0.1, 0.15) is 21.9 Å². The van der Waals surface area contributed by atoms with Crippen LogP contribution in [0.2, 0.25) is 0 Å². The molecule has 0 fully saturated rings. The summed E-state index contributed by atoms with van der Waals surface area (Å²) in [5.74, 6) is 0.0386. The Kier molecular flexibility index (Phi) is 1.88. The highest BCUT2D eigenvalue weighted by atomic mass is 16.1. The zero-order valence-corrected chi connectivity index (χ0v) is 7.85. The molecule has 0 saturated heterocycles. The monoisotopic (exact) mass is 191 g/mol. The van der Waals surface area contributed by atoms with E-state index >= 15 is 0 Å². The number of nitrogens with zero attached hydrogens (tertiary/aromatic N) is 4. The van der Waals surface area contributed by atoms with Crippen molar-refractivity contribution in [3.8, 4) is 0 Å². The van der Waals surface area contributed by atoms with Gasteiger partial charge in [-0.25, -0.2) is 4.98 Å². The Bertz CT molecular complexity index is 437. The number of ketones is 1. The summed E-state index contributed by atoms with van der Waals surface area (Å²) in [6, 6.07) is 0. The fraction of sp³-hybridized carbons (Fsp3) is 0.250. The summed E-state index contributed by atoms with van der Waals surface area (Å²) in [6.45, 7) is 1.83. The summed E-state index contributed by atoms with van der Waals surface area (Å²) in [4.78, 5) is 15.6. The average Bonchev–Trinajstić information content (AvgIpc) is 2.75. The molecule has 2 aromatic rings. The summed E-state index contributed by atoms with van der Waals surface area (Å²) in [6.07, 6.45) is 2.95. The van der Waals surface area contributed by atoms with Crippen molar-refractivity contribution < 1.29 is 4.79 Å². The van der Waals surface area contributed by atoms with Crippen molar-refractivity contribution in [1.29, 1.82) is 0 Å². The Morgan fingerprint density at radius 1 is 1.57 bits per heavy atom. The highest BCUT2D eigenvalue weighted by Crippen LogP contribution is 2.09. The highest BCUT2D eigenvalue weighted by molar-refractivity contribution is 6.06. The maximum Gasteiger partial charge on any atom is 0.247 e. The first kappa shape index (κ1) is 8.61. The Labute approximate surface area is 80.0 Å². The van der Waals surface area contributed by atoms with Gasteiger partial charge < -0.3 is 0 Å². The van der Waals surface area contributed by atoms with Gasteiger partial charge in [0.05, 0.1) is 6.20 Å². The number of aromatic nitrogens is 5. The van der Waals surface area contributed by atoms with Crippen LogP contribution in [0.5, 0.6) is 0 Å². The maximum absolute atomic E-state index is 11.8. The van der Waals surface area contributed by atoms with Gasteiger partial charge in [0.1, 0.15) is 12.0 Å². The molecule has 0 aliphatic heterocycles. The molecular weight excluding hydrogens is 182 g/mol. The Morgan fingerprint density at radius 2 is 2.36 bits per heavy atom. The molecule has 0 atom stereocenters. The second kappa shape index (κ2) is 3.06. The van der Waals surface area contributed by atoms with Crippen molar-refractivity contribution in [3.05, 3.63) is 29.6 Å². The van der Waals surface area contributed by atoms with Gasteiger partial charge in [-0.05, 0) is 12.5 Å². The molecule has 2 rings (SSSR count). The van der Waals surface area contributed by atoms with Crippen LogP contribution in [-0.4, -0.2) is 30.7 Å². The highest BCUT2D eigenvalue weighted by Gasteiger charge is 2.18. The van der Waals surface area contributed by atoms with Crippen LogP contribution in [0.3, 0.4) is 0 Å². The Balaban J connectivity index is 2.46. The van der Waals surface area contributed by atoms with Gasteiger partial charge in [0.25, 0.3) is 0 Å². The lowest BCUT2D eigenvalue weighted by Gasteiger charge is -1.98. The minimum absolute atomic E-state index is 0.194. The molecule has 0 aliphatic rings. The van der Waals surface area contributed by atoms with E-state index in [1.807, 2.05) is 6.92 Å². The van der Waals surface area contributed by atoms with Crippen molar-refractivity contribution in [1.82, 2.24) is 25.0 Å². The number of carbonyl (C=O) groups excluding carboxylic acids is 1. The number of aromatic amines is 1. The minimum atomic E-state index is -0.194. The summed E-state index contributed by atoms with van der Waals surface area (Å²) in [5, 5.41) is 10.1. The molecule has 0 unspecified atom stereocenters. The molecule has 72 valence electrons. The lowest BCUT2D eigenvalue weighted by Crippen LogP contribution is -2.11. The van der Waals surface area contributed by atoms with E-state index < -0.39 is 0 Å². The SMILES string of the molecule is Cc1cnn(C)c1C(=O)c1ncn[nH]1. The smallest absolute Gasteiger partial charge is 0.247 e. The third kappa shape index (κ3) is 1.20. The van der Waals surface area contributed by atoms with Crippen LogP contribution in [0.15, 0.2) is 12.5 Å². The normalized spacial score (nSPS) is 10.4. The molecule has 2 aromatic heterocycles. The lowest BCUT2D eigenvalue weighted by atomic mass is 10.2.